The first kappa shape index (κ1) is 11.1. The Morgan fingerprint density at radius 1 is 1.38 bits per heavy atom. The molecule has 6 heteroatoms. The fourth-order valence-electron chi connectivity index (χ4n) is 1.27. The van der Waals surface area contributed by atoms with Crippen molar-refractivity contribution in [3.05, 3.63) is 12.4 Å². The molecule has 2 aromatic rings. The van der Waals surface area contributed by atoms with Gasteiger partial charge in [-0.05, 0) is 20.8 Å². The van der Waals surface area contributed by atoms with E-state index in [0.717, 1.165) is 11.0 Å². The first-order valence-corrected chi connectivity index (χ1v) is 5.83. The molecule has 0 unspecified atom stereocenters. The molecule has 0 atom stereocenters. The quantitative estimate of drug-likeness (QED) is 0.869. The molecule has 0 aromatic carbocycles. The van der Waals surface area contributed by atoms with Crippen molar-refractivity contribution in [3.8, 4) is 11.6 Å². The minimum Gasteiger partial charge on any atom is -0.356 e. The highest BCUT2D eigenvalue weighted by Gasteiger charge is 2.15. The Morgan fingerprint density at radius 3 is 2.69 bits per heavy atom. The fraction of sp³-hybridized carbons (Fsp3) is 0.500. The van der Waals surface area contributed by atoms with Crippen molar-refractivity contribution < 1.29 is 0 Å². The van der Waals surface area contributed by atoms with Crippen LogP contribution in [0.15, 0.2) is 12.4 Å². The van der Waals surface area contributed by atoms with Gasteiger partial charge in [0.25, 0.3) is 0 Å². The van der Waals surface area contributed by atoms with E-state index in [9.17, 15) is 0 Å². The lowest BCUT2D eigenvalue weighted by Crippen LogP contribution is -2.25. The van der Waals surface area contributed by atoms with Crippen LogP contribution < -0.4 is 5.32 Å². The molecule has 0 radical (unpaired) electrons. The number of rotatable bonds is 2. The first-order chi connectivity index (χ1) is 7.46. The van der Waals surface area contributed by atoms with Crippen LogP contribution in [0.4, 0.5) is 5.13 Å². The van der Waals surface area contributed by atoms with Crippen LogP contribution in [0.1, 0.15) is 20.8 Å². The Kier molecular flexibility index (Phi) is 2.67. The van der Waals surface area contributed by atoms with Crippen molar-refractivity contribution in [2.24, 2.45) is 7.05 Å². The van der Waals surface area contributed by atoms with E-state index in [1.165, 1.54) is 11.5 Å². The molecule has 0 aliphatic rings. The minimum absolute atomic E-state index is 0.00155. The zero-order valence-corrected chi connectivity index (χ0v) is 10.7. The molecule has 0 fully saturated rings. The number of imidazole rings is 1. The third kappa shape index (κ3) is 2.38. The summed E-state index contributed by atoms with van der Waals surface area (Å²) in [6, 6.07) is 0. The van der Waals surface area contributed by atoms with Crippen molar-refractivity contribution in [1.82, 2.24) is 18.9 Å². The lowest BCUT2D eigenvalue weighted by atomic mass is 10.1. The van der Waals surface area contributed by atoms with Crippen LogP contribution in [0.3, 0.4) is 0 Å². The maximum atomic E-state index is 4.41. The van der Waals surface area contributed by atoms with Crippen molar-refractivity contribution in [1.29, 1.82) is 0 Å². The Balaban J connectivity index is 2.24. The van der Waals surface area contributed by atoms with Crippen LogP contribution in [-0.4, -0.2) is 24.4 Å². The van der Waals surface area contributed by atoms with Crippen LogP contribution in [0, 0.1) is 0 Å². The third-order valence-corrected chi connectivity index (χ3v) is 2.56. The highest BCUT2D eigenvalue weighted by molar-refractivity contribution is 7.09. The number of hydrogen-bond acceptors (Lipinski definition) is 5. The molecule has 2 heterocycles. The van der Waals surface area contributed by atoms with Crippen molar-refractivity contribution >= 4 is 16.7 Å². The van der Waals surface area contributed by atoms with Gasteiger partial charge in [0.15, 0.2) is 5.82 Å². The normalized spacial score (nSPS) is 11.8. The molecule has 0 aliphatic heterocycles. The largest absolute Gasteiger partial charge is 0.356 e. The van der Waals surface area contributed by atoms with E-state index in [0.29, 0.717) is 5.82 Å². The second-order valence-corrected chi connectivity index (χ2v) is 5.41. The van der Waals surface area contributed by atoms with E-state index in [4.69, 9.17) is 0 Å². The summed E-state index contributed by atoms with van der Waals surface area (Å²) in [5.41, 5.74) is -0.00155. The summed E-state index contributed by atoms with van der Waals surface area (Å²) in [6.07, 6.45) is 3.63. The zero-order chi connectivity index (χ0) is 11.8. The predicted molar refractivity (Wildman–Crippen MR) is 65.5 cm³/mol. The zero-order valence-electron chi connectivity index (χ0n) is 9.85. The van der Waals surface area contributed by atoms with Gasteiger partial charge in [0.2, 0.25) is 11.0 Å². The summed E-state index contributed by atoms with van der Waals surface area (Å²) in [7, 11) is 1.93. The number of hydrogen-bond donors (Lipinski definition) is 1. The average Bonchev–Trinajstić information content (AvgIpc) is 2.71. The SMILES string of the molecule is Cn1ccnc1-c1nsc(NC(C)(C)C)n1. The van der Waals surface area contributed by atoms with E-state index >= 15 is 0 Å². The number of aromatic nitrogens is 4. The summed E-state index contributed by atoms with van der Waals surface area (Å²) in [5.74, 6) is 1.46. The van der Waals surface area contributed by atoms with Gasteiger partial charge < -0.3 is 9.88 Å². The summed E-state index contributed by atoms with van der Waals surface area (Å²) < 4.78 is 6.19. The van der Waals surface area contributed by atoms with E-state index < -0.39 is 0 Å². The highest BCUT2D eigenvalue weighted by Crippen LogP contribution is 2.21. The maximum Gasteiger partial charge on any atom is 0.210 e. The minimum atomic E-state index is -0.00155. The lowest BCUT2D eigenvalue weighted by molar-refractivity contribution is 0.633. The van der Waals surface area contributed by atoms with Gasteiger partial charge in [0.05, 0.1) is 0 Å². The molecule has 2 aromatic heterocycles. The van der Waals surface area contributed by atoms with Crippen LogP contribution >= 0.6 is 11.5 Å². The Bertz CT molecular complexity index is 479. The maximum absolute atomic E-state index is 4.41. The highest BCUT2D eigenvalue weighted by atomic mass is 32.1. The standard InChI is InChI=1S/C10H15N5S/c1-10(2,3)13-9-12-7(14-16-9)8-11-5-6-15(8)4/h5-6H,1-4H3,(H,12,13,14). The summed E-state index contributed by atoms with van der Waals surface area (Å²) >= 11 is 1.36. The van der Waals surface area contributed by atoms with E-state index in [-0.39, 0.29) is 5.54 Å². The topological polar surface area (TPSA) is 55.6 Å². The van der Waals surface area contributed by atoms with Gasteiger partial charge in [0.1, 0.15) is 0 Å². The van der Waals surface area contributed by atoms with Crippen LogP contribution in [-0.2, 0) is 7.05 Å². The molecule has 5 nitrogen and oxygen atoms in total. The molecule has 1 N–H and O–H groups in total. The molecular formula is C10H15N5S. The first-order valence-electron chi connectivity index (χ1n) is 5.05. The molecule has 0 saturated heterocycles. The number of nitrogens with zero attached hydrogens (tertiary/aromatic N) is 4. The molecule has 0 amide bonds. The number of aryl methyl sites for hydroxylation is 1. The second-order valence-electron chi connectivity index (χ2n) is 4.66. The van der Waals surface area contributed by atoms with Gasteiger partial charge in [-0.3, -0.25) is 0 Å². The van der Waals surface area contributed by atoms with Gasteiger partial charge in [0, 0.05) is 36.5 Å². The third-order valence-electron chi connectivity index (χ3n) is 1.93. The van der Waals surface area contributed by atoms with Crippen LogP contribution in [0.5, 0.6) is 0 Å². The number of anilines is 1. The van der Waals surface area contributed by atoms with E-state index in [1.807, 2.05) is 17.8 Å². The molecule has 16 heavy (non-hydrogen) atoms. The predicted octanol–water partition coefficient (Wildman–Crippen LogP) is 2.15. The molecule has 0 aliphatic carbocycles. The van der Waals surface area contributed by atoms with Crippen LogP contribution in [0.25, 0.3) is 11.6 Å². The van der Waals surface area contributed by atoms with Gasteiger partial charge in [-0.2, -0.15) is 9.36 Å². The monoisotopic (exact) mass is 237 g/mol. The number of nitrogens with one attached hydrogen (secondary N) is 1. The molecule has 86 valence electrons. The molecule has 2 rings (SSSR count). The van der Waals surface area contributed by atoms with Gasteiger partial charge in [-0.15, -0.1) is 0 Å². The van der Waals surface area contributed by atoms with Crippen LogP contribution in [0.2, 0.25) is 0 Å². The summed E-state index contributed by atoms with van der Waals surface area (Å²) in [4.78, 5) is 8.62. The average molecular weight is 237 g/mol. The van der Waals surface area contributed by atoms with Gasteiger partial charge in [-0.25, -0.2) is 4.98 Å². The molecule has 0 bridgehead atoms. The lowest BCUT2D eigenvalue weighted by Gasteiger charge is -2.18. The Hall–Kier alpha value is -1.43. The summed E-state index contributed by atoms with van der Waals surface area (Å²) in [5, 5.41) is 4.12. The molecule has 0 saturated carbocycles. The van der Waals surface area contributed by atoms with Crippen molar-refractivity contribution in [2.45, 2.75) is 26.3 Å². The fourth-order valence-corrected chi connectivity index (χ4v) is 2.04. The van der Waals surface area contributed by atoms with Crippen molar-refractivity contribution in [2.75, 3.05) is 5.32 Å². The molecular weight excluding hydrogens is 222 g/mol. The Morgan fingerprint density at radius 2 is 2.12 bits per heavy atom. The smallest absolute Gasteiger partial charge is 0.210 e. The second kappa shape index (κ2) is 3.86. The Labute approximate surface area is 98.7 Å². The van der Waals surface area contributed by atoms with E-state index in [1.54, 1.807) is 6.20 Å². The van der Waals surface area contributed by atoms with E-state index in [2.05, 4.69) is 40.4 Å². The van der Waals surface area contributed by atoms with Crippen molar-refractivity contribution in [3.63, 3.8) is 0 Å². The van der Waals surface area contributed by atoms with Gasteiger partial charge >= 0.3 is 0 Å². The van der Waals surface area contributed by atoms with Gasteiger partial charge in [-0.1, -0.05) is 0 Å². The molecule has 0 spiro atoms. The summed E-state index contributed by atoms with van der Waals surface area (Å²) in [6.45, 7) is 6.28.